The average molecular weight is 507 g/mol. The molecule has 0 aliphatic rings. The van der Waals surface area contributed by atoms with Gasteiger partial charge in [0.25, 0.3) is 0 Å². The van der Waals surface area contributed by atoms with Crippen LogP contribution in [0.5, 0.6) is 5.75 Å². The number of phenolic OH excluding ortho intramolecular Hbond substituents is 1. The van der Waals surface area contributed by atoms with E-state index in [1.807, 2.05) is 13.8 Å². The molecule has 0 bridgehead atoms. The summed E-state index contributed by atoms with van der Waals surface area (Å²) in [5, 5.41) is 15.2. The van der Waals surface area contributed by atoms with E-state index in [9.17, 15) is 24.3 Å². The molecule has 10 nitrogen and oxygen atoms in total. The smallest absolute Gasteiger partial charge is 0.408 e. The lowest BCUT2D eigenvalue weighted by molar-refractivity contribution is -0.149. The zero-order valence-electron chi connectivity index (χ0n) is 22.7. The number of alkyl carbamates (subject to hydrolysis) is 1. The van der Waals surface area contributed by atoms with Gasteiger partial charge in [0.15, 0.2) is 0 Å². The van der Waals surface area contributed by atoms with Crippen molar-refractivity contribution < 1.29 is 29.0 Å². The van der Waals surface area contributed by atoms with Crippen LogP contribution in [0.3, 0.4) is 0 Å². The number of nitrogens with one attached hydrogen (secondary N) is 2. The highest BCUT2D eigenvalue weighted by atomic mass is 16.6. The fraction of sp³-hybridized carbons (Fsp3) is 0.615. The Labute approximate surface area is 213 Å². The molecule has 0 aliphatic carbocycles. The van der Waals surface area contributed by atoms with Crippen LogP contribution in [0.2, 0.25) is 0 Å². The van der Waals surface area contributed by atoms with Gasteiger partial charge in [0.2, 0.25) is 17.7 Å². The molecule has 202 valence electrons. The molecule has 10 heteroatoms. The Morgan fingerprint density at radius 1 is 1.03 bits per heavy atom. The van der Waals surface area contributed by atoms with Crippen LogP contribution in [0.4, 0.5) is 4.79 Å². The van der Waals surface area contributed by atoms with E-state index in [2.05, 4.69) is 10.6 Å². The molecule has 3 unspecified atom stereocenters. The second-order valence-electron chi connectivity index (χ2n) is 10.9. The molecule has 0 spiro atoms. The summed E-state index contributed by atoms with van der Waals surface area (Å²) in [7, 11) is 0. The van der Waals surface area contributed by atoms with Gasteiger partial charge in [0.05, 0.1) is 6.42 Å². The van der Waals surface area contributed by atoms with E-state index in [1.165, 1.54) is 17.0 Å². The molecule has 4 amide bonds. The number of nitrogens with two attached hydrogens (primary N) is 1. The van der Waals surface area contributed by atoms with Crippen molar-refractivity contribution in [2.75, 3.05) is 0 Å². The number of rotatable bonds is 10. The number of benzene rings is 1. The van der Waals surface area contributed by atoms with Crippen molar-refractivity contribution >= 4 is 23.8 Å². The van der Waals surface area contributed by atoms with Crippen LogP contribution in [0.1, 0.15) is 86.3 Å². The monoisotopic (exact) mass is 506 g/mol. The number of phenols is 1. The standard InChI is InChI=1S/C26H42N4O6/c1-9-10-16(2)28-22(33)21(17-11-13-18(31)14-12-17)30(25(3,4)5)23(34)19(15-20(27)32)29-24(35)36-26(6,7)8/h11-14,16,19,21,31H,9-10,15H2,1-8H3,(H2,27,32)(H,28,33)(H,29,35). The third-order valence-electron chi connectivity index (χ3n) is 5.18. The van der Waals surface area contributed by atoms with Gasteiger partial charge < -0.3 is 31.1 Å². The molecule has 1 aromatic rings. The Kier molecular flexibility index (Phi) is 10.8. The number of amides is 4. The Morgan fingerprint density at radius 2 is 1.58 bits per heavy atom. The van der Waals surface area contributed by atoms with E-state index in [-0.39, 0.29) is 11.8 Å². The second kappa shape index (κ2) is 12.6. The van der Waals surface area contributed by atoms with Crippen LogP contribution in [0.15, 0.2) is 24.3 Å². The molecular weight excluding hydrogens is 464 g/mol. The highest BCUT2D eigenvalue weighted by molar-refractivity contribution is 5.95. The summed E-state index contributed by atoms with van der Waals surface area (Å²) in [4.78, 5) is 53.2. The first-order chi connectivity index (χ1) is 16.5. The fourth-order valence-corrected chi connectivity index (χ4v) is 3.77. The highest BCUT2D eigenvalue weighted by Crippen LogP contribution is 2.31. The van der Waals surface area contributed by atoms with Crippen molar-refractivity contribution in [2.24, 2.45) is 5.73 Å². The molecule has 0 radical (unpaired) electrons. The third-order valence-corrected chi connectivity index (χ3v) is 5.18. The maximum Gasteiger partial charge on any atom is 0.408 e. The first-order valence-electron chi connectivity index (χ1n) is 12.2. The lowest BCUT2D eigenvalue weighted by Crippen LogP contribution is -2.59. The SMILES string of the molecule is CCCC(C)NC(=O)C(c1ccc(O)cc1)N(C(=O)C(CC(N)=O)NC(=O)OC(C)(C)C)C(C)(C)C. The van der Waals surface area contributed by atoms with Gasteiger partial charge in [0.1, 0.15) is 23.4 Å². The Hall–Kier alpha value is -3.30. The van der Waals surface area contributed by atoms with E-state index in [0.29, 0.717) is 5.56 Å². The van der Waals surface area contributed by atoms with Gasteiger partial charge in [-0.25, -0.2) is 4.79 Å². The number of carbonyl (C=O) groups is 4. The van der Waals surface area contributed by atoms with Crippen LogP contribution in [0, 0.1) is 0 Å². The number of primary amides is 1. The molecule has 0 aromatic heterocycles. The lowest BCUT2D eigenvalue weighted by Gasteiger charge is -2.43. The predicted octanol–water partition coefficient (Wildman–Crippen LogP) is 3.13. The zero-order valence-corrected chi connectivity index (χ0v) is 22.7. The van der Waals surface area contributed by atoms with E-state index in [1.54, 1.807) is 53.7 Å². The number of hydrogen-bond acceptors (Lipinski definition) is 6. The Morgan fingerprint density at radius 3 is 2.03 bits per heavy atom. The molecule has 36 heavy (non-hydrogen) atoms. The summed E-state index contributed by atoms with van der Waals surface area (Å²) in [6, 6.07) is 3.33. The maximum absolute atomic E-state index is 13.9. The molecule has 0 saturated heterocycles. The number of ether oxygens (including phenoxy) is 1. The van der Waals surface area contributed by atoms with Crippen LogP contribution in [0.25, 0.3) is 0 Å². The van der Waals surface area contributed by atoms with Gasteiger partial charge in [-0.3, -0.25) is 14.4 Å². The zero-order chi connectivity index (χ0) is 27.8. The number of hydrogen-bond donors (Lipinski definition) is 4. The molecule has 1 rings (SSSR count). The first-order valence-corrected chi connectivity index (χ1v) is 12.2. The van der Waals surface area contributed by atoms with Gasteiger partial charge in [-0.2, -0.15) is 0 Å². The van der Waals surface area contributed by atoms with Crippen molar-refractivity contribution in [3.8, 4) is 5.75 Å². The minimum Gasteiger partial charge on any atom is -0.508 e. The maximum atomic E-state index is 13.9. The topological polar surface area (TPSA) is 151 Å². The van der Waals surface area contributed by atoms with Crippen molar-refractivity contribution in [3.05, 3.63) is 29.8 Å². The third kappa shape index (κ3) is 9.75. The minimum atomic E-state index is -1.36. The van der Waals surface area contributed by atoms with Crippen molar-refractivity contribution in [1.82, 2.24) is 15.5 Å². The number of nitrogens with zero attached hydrogens (tertiary/aromatic N) is 1. The van der Waals surface area contributed by atoms with Gasteiger partial charge in [-0.1, -0.05) is 25.5 Å². The predicted molar refractivity (Wildman–Crippen MR) is 137 cm³/mol. The summed E-state index contributed by atoms with van der Waals surface area (Å²) in [6.07, 6.45) is 0.217. The minimum absolute atomic E-state index is 0.00379. The van der Waals surface area contributed by atoms with Gasteiger partial charge in [-0.05, 0) is 72.6 Å². The van der Waals surface area contributed by atoms with Gasteiger partial charge >= 0.3 is 6.09 Å². The van der Waals surface area contributed by atoms with E-state index < -0.39 is 53.5 Å². The van der Waals surface area contributed by atoms with Crippen LogP contribution in [-0.2, 0) is 19.1 Å². The lowest BCUT2D eigenvalue weighted by atomic mass is 9.94. The highest BCUT2D eigenvalue weighted by Gasteiger charge is 2.42. The van der Waals surface area contributed by atoms with Gasteiger partial charge in [-0.15, -0.1) is 0 Å². The first kappa shape index (κ1) is 30.7. The van der Waals surface area contributed by atoms with Crippen molar-refractivity contribution in [3.63, 3.8) is 0 Å². The van der Waals surface area contributed by atoms with Gasteiger partial charge in [0, 0.05) is 11.6 Å². The number of carbonyl (C=O) groups excluding carboxylic acids is 4. The molecule has 0 saturated carbocycles. The quantitative estimate of drug-likeness (QED) is 0.383. The van der Waals surface area contributed by atoms with Crippen molar-refractivity contribution in [1.29, 1.82) is 0 Å². The van der Waals surface area contributed by atoms with Crippen LogP contribution in [-0.4, -0.2) is 57.0 Å². The van der Waals surface area contributed by atoms with E-state index in [0.717, 1.165) is 12.8 Å². The summed E-state index contributed by atoms with van der Waals surface area (Å²) in [6.45, 7) is 14.1. The molecule has 0 heterocycles. The molecular formula is C26H42N4O6. The summed E-state index contributed by atoms with van der Waals surface area (Å²) in [5.74, 6) is -1.91. The second-order valence-corrected chi connectivity index (χ2v) is 10.9. The van der Waals surface area contributed by atoms with Crippen molar-refractivity contribution in [2.45, 2.75) is 104 Å². The summed E-state index contributed by atoms with van der Waals surface area (Å²) < 4.78 is 5.27. The van der Waals surface area contributed by atoms with E-state index in [4.69, 9.17) is 10.5 Å². The molecule has 5 N–H and O–H groups in total. The average Bonchev–Trinajstić information content (AvgIpc) is 2.69. The molecule has 0 fully saturated rings. The van der Waals surface area contributed by atoms with Crippen LogP contribution < -0.4 is 16.4 Å². The number of aromatic hydroxyl groups is 1. The summed E-state index contributed by atoms with van der Waals surface area (Å²) in [5.41, 5.74) is 4.09. The molecule has 3 atom stereocenters. The Balaban J connectivity index is 3.56. The normalized spacial score (nSPS) is 14.2. The summed E-state index contributed by atoms with van der Waals surface area (Å²) >= 11 is 0. The Bertz CT molecular complexity index is 918. The largest absolute Gasteiger partial charge is 0.508 e. The van der Waals surface area contributed by atoms with E-state index >= 15 is 0 Å². The van der Waals surface area contributed by atoms with Crippen LogP contribution >= 0.6 is 0 Å². The molecule has 0 aliphatic heterocycles. The molecule has 1 aromatic carbocycles. The fourth-order valence-electron chi connectivity index (χ4n) is 3.77.